The first-order valence-corrected chi connectivity index (χ1v) is 7.07. The zero-order chi connectivity index (χ0) is 9.80. The molecule has 1 aromatic heterocycles. The number of hydrogen-bond donors (Lipinski definition) is 1. The van der Waals surface area contributed by atoms with Crippen LogP contribution in [0.5, 0.6) is 0 Å². The number of hydrogen-bond acceptors (Lipinski definition) is 4. The topological polar surface area (TPSA) is 42.0 Å². The third kappa shape index (κ3) is 2.62. The zero-order valence-electron chi connectivity index (χ0n) is 7.94. The van der Waals surface area contributed by atoms with Gasteiger partial charge in [-0.05, 0) is 19.4 Å². The van der Waals surface area contributed by atoms with Crippen molar-refractivity contribution in [3.63, 3.8) is 0 Å². The van der Waals surface area contributed by atoms with Gasteiger partial charge in [-0.3, -0.25) is 4.21 Å². The fraction of sp³-hybridized carbons (Fsp3) is 0.667. The molecule has 1 aromatic rings. The highest BCUT2D eigenvalue weighted by molar-refractivity contribution is 7.87. The number of nitrogens with zero attached hydrogens (tertiary/aromatic N) is 1. The average molecular weight is 230 g/mol. The maximum atomic E-state index is 11.8. The highest BCUT2D eigenvalue weighted by atomic mass is 32.2. The molecular weight excluding hydrogens is 216 g/mol. The zero-order valence-corrected chi connectivity index (χ0v) is 9.57. The third-order valence-electron chi connectivity index (χ3n) is 2.37. The van der Waals surface area contributed by atoms with E-state index in [1.54, 1.807) is 6.20 Å². The van der Waals surface area contributed by atoms with Gasteiger partial charge in [0.2, 0.25) is 0 Å². The highest BCUT2D eigenvalue weighted by Crippen LogP contribution is 2.14. The molecule has 0 amide bonds. The van der Waals surface area contributed by atoms with Crippen molar-refractivity contribution in [3.8, 4) is 0 Å². The molecule has 0 aliphatic carbocycles. The van der Waals surface area contributed by atoms with Gasteiger partial charge in [-0.2, -0.15) is 0 Å². The maximum absolute atomic E-state index is 11.8. The fourth-order valence-corrected chi connectivity index (χ4v) is 3.77. The molecule has 0 saturated carbocycles. The Morgan fingerprint density at radius 3 is 3.21 bits per heavy atom. The predicted octanol–water partition coefficient (Wildman–Crippen LogP) is 1.39. The van der Waals surface area contributed by atoms with Gasteiger partial charge in [-0.15, -0.1) is 11.3 Å². The first kappa shape index (κ1) is 10.3. The average Bonchev–Trinajstić information content (AvgIpc) is 2.72. The number of aromatic nitrogens is 1. The van der Waals surface area contributed by atoms with Gasteiger partial charge in [0.25, 0.3) is 0 Å². The standard InChI is InChI=1S/C9H14N2OS2/c12-14(9-11-5-6-13-9)7-8-3-1-2-4-10-8/h5-6,8,10H,1-4,7H2. The van der Waals surface area contributed by atoms with Gasteiger partial charge in [0.1, 0.15) is 0 Å². The van der Waals surface area contributed by atoms with Crippen molar-refractivity contribution in [1.82, 2.24) is 10.3 Å². The van der Waals surface area contributed by atoms with Crippen LogP contribution >= 0.6 is 11.3 Å². The summed E-state index contributed by atoms with van der Waals surface area (Å²) in [5.41, 5.74) is 0. The molecule has 78 valence electrons. The minimum absolute atomic E-state index is 0.425. The van der Waals surface area contributed by atoms with Crippen LogP contribution < -0.4 is 5.32 Å². The van der Waals surface area contributed by atoms with Crippen LogP contribution in [0, 0.1) is 0 Å². The van der Waals surface area contributed by atoms with Gasteiger partial charge < -0.3 is 5.32 Å². The Bertz CT molecular complexity index is 294. The molecule has 0 radical (unpaired) electrons. The normalized spacial score (nSPS) is 24.7. The molecular formula is C9H14N2OS2. The van der Waals surface area contributed by atoms with Gasteiger partial charge in [0.15, 0.2) is 4.34 Å². The van der Waals surface area contributed by atoms with Crippen LogP contribution in [0.25, 0.3) is 0 Å². The lowest BCUT2D eigenvalue weighted by atomic mass is 10.1. The molecule has 0 bridgehead atoms. The molecule has 2 atom stereocenters. The fourth-order valence-electron chi connectivity index (χ4n) is 1.64. The number of thiazole rings is 1. The van der Waals surface area contributed by atoms with Crippen LogP contribution in [0.4, 0.5) is 0 Å². The van der Waals surface area contributed by atoms with E-state index in [0.29, 0.717) is 11.8 Å². The van der Waals surface area contributed by atoms with Gasteiger partial charge in [0, 0.05) is 23.4 Å². The lowest BCUT2D eigenvalue weighted by molar-refractivity contribution is 0.427. The summed E-state index contributed by atoms with van der Waals surface area (Å²) < 4.78 is 12.6. The molecule has 2 heterocycles. The van der Waals surface area contributed by atoms with Crippen molar-refractivity contribution in [2.45, 2.75) is 29.6 Å². The van der Waals surface area contributed by atoms with Crippen molar-refractivity contribution >= 4 is 22.1 Å². The van der Waals surface area contributed by atoms with Gasteiger partial charge in [0.05, 0.1) is 10.8 Å². The van der Waals surface area contributed by atoms with Crippen molar-refractivity contribution in [3.05, 3.63) is 11.6 Å². The van der Waals surface area contributed by atoms with Crippen molar-refractivity contribution in [1.29, 1.82) is 0 Å². The van der Waals surface area contributed by atoms with E-state index in [1.165, 1.54) is 24.2 Å². The molecule has 1 aliphatic rings. The molecule has 1 N–H and O–H groups in total. The Labute approximate surface area is 90.4 Å². The van der Waals surface area contributed by atoms with Gasteiger partial charge in [-0.25, -0.2) is 4.98 Å². The van der Waals surface area contributed by atoms with E-state index < -0.39 is 10.8 Å². The summed E-state index contributed by atoms with van der Waals surface area (Å²) in [6.07, 6.45) is 5.37. The molecule has 1 saturated heterocycles. The second-order valence-electron chi connectivity index (χ2n) is 3.46. The third-order valence-corrected chi connectivity index (χ3v) is 4.98. The second-order valence-corrected chi connectivity index (χ2v) is 6.02. The van der Waals surface area contributed by atoms with Crippen molar-refractivity contribution in [2.24, 2.45) is 0 Å². The SMILES string of the molecule is O=S(CC1CCCCN1)c1nccs1. The monoisotopic (exact) mass is 230 g/mol. The quantitative estimate of drug-likeness (QED) is 0.853. The first-order chi connectivity index (χ1) is 6.86. The Balaban J connectivity index is 1.87. The minimum Gasteiger partial charge on any atom is -0.313 e. The van der Waals surface area contributed by atoms with Crippen LogP contribution in [0.15, 0.2) is 15.9 Å². The Hall–Kier alpha value is -0.260. The summed E-state index contributed by atoms with van der Waals surface area (Å²) >= 11 is 1.48. The van der Waals surface area contributed by atoms with Crippen molar-refractivity contribution in [2.75, 3.05) is 12.3 Å². The minimum atomic E-state index is -0.905. The van der Waals surface area contributed by atoms with Gasteiger partial charge >= 0.3 is 0 Å². The summed E-state index contributed by atoms with van der Waals surface area (Å²) in [6.45, 7) is 1.07. The van der Waals surface area contributed by atoms with E-state index >= 15 is 0 Å². The highest BCUT2D eigenvalue weighted by Gasteiger charge is 2.17. The number of rotatable bonds is 3. The summed E-state index contributed by atoms with van der Waals surface area (Å²) in [4.78, 5) is 4.07. The van der Waals surface area contributed by atoms with Crippen LogP contribution in [0.2, 0.25) is 0 Å². The van der Waals surface area contributed by atoms with E-state index in [0.717, 1.165) is 17.3 Å². The molecule has 1 aliphatic heterocycles. The van der Waals surface area contributed by atoms with E-state index in [4.69, 9.17) is 0 Å². The molecule has 0 spiro atoms. The molecule has 0 aromatic carbocycles. The lowest BCUT2D eigenvalue weighted by Gasteiger charge is -2.22. The number of nitrogens with one attached hydrogen (secondary N) is 1. The Kier molecular flexibility index (Phi) is 3.67. The van der Waals surface area contributed by atoms with E-state index in [2.05, 4.69) is 10.3 Å². The molecule has 1 fully saturated rings. The molecule has 3 nitrogen and oxygen atoms in total. The van der Waals surface area contributed by atoms with Crippen LogP contribution in [0.3, 0.4) is 0 Å². The van der Waals surface area contributed by atoms with Crippen LogP contribution in [0.1, 0.15) is 19.3 Å². The summed E-state index contributed by atoms with van der Waals surface area (Å²) in [5.74, 6) is 0.716. The largest absolute Gasteiger partial charge is 0.313 e. The predicted molar refractivity (Wildman–Crippen MR) is 59.0 cm³/mol. The lowest BCUT2D eigenvalue weighted by Crippen LogP contribution is -2.38. The first-order valence-electron chi connectivity index (χ1n) is 4.87. The summed E-state index contributed by atoms with van der Waals surface area (Å²) in [7, 11) is -0.905. The Morgan fingerprint density at radius 2 is 2.57 bits per heavy atom. The summed E-state index contributed by atoms with van der Waals surface area (Å²) in [5, 5.41) is 5.27. The molecule has 5 heteroatoms. The van der Waals surface area contributed by atoms with E-state index in [9.17, 15) is 4.21 Å². The van der Waals surface area contributed by atoms with Gasteiger partial charge in [-0.1, -0.05) is 6.42 Å². The van der Waals surface area contributed by atoms with Crippen LogP contribution in [-0.2, 0) is 10.8 Å². The van der Waals surface area contributed by atoms with E-state index in [1.807, 2.05) is 5.38 Å². The number of piperidine rings is 1. The van der Waals surface area contributed by atoms with E-state index in [-0.39, 0.29) is 0 Å². The summed E-state index contributed by atoms with van der Waals surface area (Å²) in [6, 6.07) is 0.425. The maximum Gasteiger partial charge on any atom is 0.180 e. The smallest absolute Gasteiger partial charge is 0.180 e. The van der Waals surface area contributed by atoms with Crippen molar-refractivity contribution < 1.29 is 4.21 Å². The second kappa shape index (κ2) is 5.00. The molecule has 14 heavy (non-hydrogen) atoms. The Morgan fingerprint density at radius 1 is 1.64 bits per heavy atom. The molecule has 2 unspecified atom stereocenters. The van der Waals surface area contributed by atoms with Crippen LogP contribution in [-0.4, -0.2) is 27.5 Å². The molecule has 2 rings (SSSR count).